The minimum absolute atomic E-state index is 0.00599. The van der Waals surface area contributed by atoms with Gasteiger partial charge in [-0.2, -0.15) is 0 Å². The predicted molar refractivity (Wildman–Crippen MR) is 141 cm³/mol. The van der Waals surface area contributed by atoms with Gasteiger partial charge in [-0.3, -0.25) is 9.59 Å². The van der Waals surface area contributed by atoms with E-state index in [4.69, 9.17) is 9.47 Å². The molecule has 186 valence electrons. The van der Waals surface area contributed by atoms with Crippen LogP contribution in [0.2, 0.25) is 0 Å². The van der Waals surface area contributed by atoms with Crippen LogP contribution in [0.4, 0.5) is 0 Å². The number of hydrogen-bond donors (Lipinski definition) is 1. The van der Waals surface area contributed by atoms with Crippen LogP contribution in [-0.2, 0) is 16.0 Å². The molecule has 2 amide bonds. The molecule has 1 aliphatic carbocycles. The molecule has 1 saturated carbocycles. The van der Waals surface area contributed by atoms with E-state index in [1.165, 1.54) is 11.1 Å². The van der Waals surface area contributed by atoms with Crippen LogP contribution in [0.25, 0.3) is 6.08 Å². The Bertz CT molecular complexity index is 1100. The molecule has 2 aromatic carbocycles. The highest BCUT2D eigenvalue weighted by atomic mass is 32.2. The Balaban J connectivity index is 1.36. The number of likely N-dealkylation sites (N-methyl/N-ethyl adjacent to an activating group) is 1. The van der Waals surface area contributed by atoms with Gasteiger partial charge < -0.3 is 19.7 Å². The summed E-state index contributed by atoms with van der Waals surface area (Å²) >= 11 is 1.64. The van der Waals surface area contributed by atoms with Gasteiger partial charge in [-0.05, 0) is 61.9 Å². The van der Waals surface area contributed by atoms with Crippen LogP contribution in [0.3, 0.4) is 0 Å². The molecule has 1 saturated heterocycles. The standard InChI is InChI=1S/C28H34N2O4S/c1-18-5-7-19(8-6-18)13-14-29-27(31)21-10-12-25-22(17-21)30(2)28(32)26(35-25)16-20-9-11-23(33-3)24(15-20)34-4/h5-9,11,15-16,21-22,25H,10,12-14,17H2,1-4H3,(H,29,31)/b26-16-. The Morgan fingerprint density at radius 3 is 2.57 bits per heavy atom. The number of nitrogens with one attached hydrogen (secondary N) is 1. The van der Waals surface area contributed by atoms with E-state index in [0.29, 0.717) is 29.7 Å². The van der Waals surface area contributed by atoms with Gasteiger partial charge in [0.05, 0.1) is 19.1 Å². The first-order valence-corrected chi connectivity index (χ1v) is 13.0. The van der Waals surface area contributed by atoms with Crippen molar-refractivity contribution < 1.29 is 19.1 Å². The largest absolute Gasteiger partial charge is 0.493 e. The van der Waals surface area contributed by atoms with Gasteiger partial charge in [-0.15, -0.1) is 11.8 Å². The molecule has 4 rings (SSSR count). The summed E-state index contributed by atoms with van der Waals surface area (Å²) in [5.74, 6) is 1.35. The number of nitrogens with zero attached hydrogens (tertiary/aromatic N) is 1. The monoisotopic (exact) mass is 494 g/mol. The maximum absolute atomic E-state index is 13.2. The first-order chi connectivity index (χ1) is 16.9. The third kappa shape index (κ3) is 5.84. The maximum Gasteiger partial charge on any atom is 0.260 e. The normalized spacial score (nSPS) is 23.1. The molecule has 1 N–H and O–H groups in total. The Morgan fingerprint density at radius 2 is 1.86 bits per heavy atom. The molecule has 7 heteroatoms. The Kier molecular flexibility index (Phi) is 8.06. The van der Waals surface area contributed by atoms with Crippen LogP contribution < -0.4 is 14.8 Å². The van der Waals surface area contributed by atoms with Crippen molar-refractivity contribution in [3.05, 3.63) is 64.1 Å². The van der Waals surface area contributed by atoms with Crippen LogP contribution in [0.15, 0.2) is 47.4 Å². The van der Waals surface area contributed by atoms with Gasteiger partial charge in [0.1, 0.15) is 0 Å². The zero-order valence-electron chi connectivity index (χ0n) is 20.9. The van der Waals surface area contributed by atoms with Crippen molar-refractivity contribution in [2.24, 2.45) is 5.92 Å². The number of amides is 2. The van der Waals surface area contributed by atoms with Crippen LogP contribution in [0.5, 0.6) is 11.5 Å². The van der Waals surface area contributed by atoms with Crippen LogP contribution in [0, 0.1) is 12.8 Å². The van der Waals surface area contributed by atoms with E-state index in [2.05, 4.69) is 36.5 Å². The Morgan fingerprint density at radius 1 is 1.11 bits per heavy atom. The molecule has 2 aliphatic rings. The smallest absolute Gasteiger partial charge is 0.260 e. The molecule has 0 aromatic heterocycles. The van der Waals surface area contributed by atoms with Gasteiger partial charge in [-0.1, -0.05) is 35.9 Å². The maximum atomic E-state index is 13.2. The number of carbonyl (C=O) groups excluding carboxylic acids is 2. The summed E-state index contributed by atoms with van der Waals surface area (Å²) in [5.41, 5.74) is 3.36. The number of carbonyl (C=O) groups is 2. The fraction of sp³-hybridized carbons (Fsp3) is 0.429. The van der Waals surface area contributed by atoms with Gasteiger partial charge in [0.25, 0.3) is 5.91 Å². The summed E-state index contributed by atoms with van der Waals surface area (Å²) in [6.07, 6.45) is 5.21. The number of rotatable bonds is 7. The van der Waals surface area contributed by atoms with Crippen molar-refractivity contribution in [2.75, 3.05) is 27.8 Å². The molecular formula is C28H34N2O4S. The third-order valence-corrected chi connectivity index (χ3v) is 8.37. The second-order valence-corrected chi connectivity index (χ2v) is 10.6. The fourth-order valence-electron chi connectivity index (χ4n) is 4.86. The number of ether oxygens (including phenoxy) is 2. The molecule has 0 spiro atoms. The van der Waals surface area contributed by atoms with Crippen LogP contribution in [0.1, 0.15) is 36.0 Å². The molecule has 0 bridgehead atoms. The lowest BCUT2D eigenvalue weighted by atomic mass is 9.83. The van der Waals surface area contributed by atoms with Gasteiger partial charge in [0.2, 0.25) is 5.91 Å². The highest BCUT2D eigenvalue weighted by molar-refractivity contribution is 8.04. The van der Waals surface area contributed by atoms with Crippen molar-refractivity contribution in [2.45, 2.75) is 43.9 Å². The first-order valence-electron chi connectivity index (χ1n) is 12.1. The lowest BCUT2D eigenvalue weighted by Gasteiger charge is -2.44. The minimum Gasteiger partial charge on any atom is -0.493 e. The molecule has 6 nitrogen and oxygen atoms in total. The second kappa shape index (κ2) is 11.2. The highest BCUT2D eigenvalue weighted by Crippen LogP contribution is 2.43. The minimum atomic E-state index is -0.0542. The quantitative estimate of drug-likeness (QED) is 0.576. The SMILES string of the molecule is COc1ccc(/C=C2\SC3CCC(C(=O)NCCc4ccc(C)cc4)CC3N(C)C2=O)cc1OC. The molecule has 3 atom stereocenters. The summed E-state index contributed by atoms with van der Waals surface area (Å²) in [4.78, 5) is 28.6. The second-order valence-electron chi connectivity index (χ2n) is 9.30. The number of thioether (sulfide) groups is 1. The number of hydrogen-bond acceptors (Lipinski definition) is 5. The molecule has 2 fully saturated rings. The summed E-state index contributed by atoms with van der Waals surface area (Å²) in [7, 11) is 5.07. The van der Waals surface area contributed by atoms with Gasteiger partial charge in [-0.25, -0.2) is 0 Å². The summed E-state index contributed by atoms with van der Waals surface area (Å²) in [5, 5.41) is 3.41. The number of benzene rings is 2. The van der Waals surface area contributed by atoms with Gasteiger partial charge in [0, 0.05) is 30.8 Å². The van der Waals surface area contributed by atoms with Crippen molar-refractivity contribution in [3.8, 4) is 11.5 Å². The number of fused-ring (bicyclic) bond motifs is 1. The molecule has 1 heterocycles. The van der Waals surface area contributed by atoms with Crippen LogP contribution >= 0.6 is 11.8 Å². The lowest BCUT2D eigenvalue weighted by Crippen LogP contribution is -2.52. The predicted octanol–water partition coefficient (Wildman–Crippen LogP) is 4.45. The fourth-order valence-corrected chi connectivity index (χ4v) is 6.34. The Hall–Kier alpha value is -2.93. The lowest BCUT2D eigenvalue weighted by molar-refractivity contribution is -0.131. The zero-order chi connectivity index (χ0) is 24.9. The van der Waals surface area contributed by atoms with E-state index in [9.17, 15) is 9.59 Å². The van der Waals surface area contributed by atoms with E-state index >= 15 is 0 Å². The molecule has 35 heavy (non-hydrogen) atoms. The van der Waals surface area contributed by atoms with E-state index in [1.54, 1.807) is 26.0 Å². The average Bonchev–Trinajstić information content (AvgIpc) is 2.88. The molecule has 2 aromatic rings. The third-order valence-electron chi connectivity index (χ3n) is 6.97. The van der Waals surface area contributed by atoms with Crippen molar-refractivity contribution in [3.63, 3.8) is 0 Å². The van der Waals surface area contributed by atoms with Crippen molar-refractivity contribution >= 4 is 29.7 Å². The summed E-state index contributed by atoms with van der Waals surface area (Å²) in [6.45, 7) is 2.70. The molecule has 0 radical (unpaired) electrons. The molecule has 1 aliphatic heterocycles. The topological polar surface area (TPSA) is 67.9 Å². The first kappa shape index (κ1) is 25.2. The highest BCUT2D eigenvalue weighted by Gasteiger charge is 2.42. The van der Waals surface area contributed by atoms with E-state index < -0.39 is 0 Å². The van der Waals surface area contributed by atoms with E-state index in [0.717, 1.165) is 29.7 Å². The zero-order valence-corrected chi connectivity index (χ0v) is 21.7. The van der Waals surface area contributed by atoms with Crippen molar-refractivity contribution in [1.29, 1.82) is 0 Å². The van der Waals surface area contributed by atoms with E-state index in [-0.39, 0.29) is 23.8 Å². The number of methoxy groups -OCH3 is 2. The Labute approximate surface area is 212 Å². The average molecular weight is 495 g/mol. The summed E-state index contributed by atoms with van der Waals surface area (Å²) < 4.78 is 10.7. The van der Waals surface area contributed by atoms with Crippen molar-refractivity contribution in [1.82, 2.24) is 10.2 Å². The van der Waals surface area contributed by atoms with E-state index in [1.807, 2.05) is 36.2 Å². The van der Waals surface area contributed by atoms with Gasteiger partial charge in [0.15, 0.2) is 11.5 Å². The summed E-state index contributed by atoms with van der Waals surface area (Å²) in [6, 6.07) is 14.1. The van der Waals surface area contributed by atoms with Crippen LogP contribution in [-0.4, -0.2) is 55.8 Å². The molecule has 3 unspecified atom stereocenters. The number of aryl methyl sites for hydroxylation is 1. The van der Waals surface area contributed by atoms with Gasteiger partial charge >= 0.3 is 0 Å². The molecular weight excluding hydrogens is 460 g/mol.